The van der Waals surface area contributed by atoms with E-state index in [0.29, 0.717) is 16.2 Å². The number of fused-ring (bicyclic) bond motifs is 5. The minimum atomic E-state index is -0.420. The highest BCUT2D eigenvalue weighted by Crippen LogP contribution is 2.71. The number of hydrogen-bond donors (Lipinski definition) is 1. The highest BCUT2D eigenvalue weighted by atomic mass is 16.3. The molecular formula is C22H38O. The fraction of sp³-hybridized carbons (Fsp3) is 1.00. The van der Waals surface area contributed by atoms with Gasteiger partial charge in [0.1, 0.15) is 0 Å². The normalized spacial score (nSPS) is 59.1. The molecule has 0 unspecified atom stereocenters. The van der Waals surface area contributed by atoms with Crippen molar-refractivity contribution in [2.24, 2.45) is 34.0 Å². The maximum Gasteiger partial charge on any atom is 0.0625 e. The molecule has 0 amide bonds. The molecule has 0 radical (unpaired) electrons. The van der Waals surface area contributed by atoms with Crippen LogP contribution < -0.4 is 0 Å². The summed E-state index contributed by atoms with van der Waals surface area (Å²) in [6, 6.07) is 0. The van der Waals surface area contributed by atoms with Crippen LogP contribution in [0.25, 0.3) is 0 Å². The Balaban J connectivity index is 1.70. The van der Waals surface area contributed by atoms with E-state index in [0.717, 1.165) is 30.6 Å². The van der Waals surface area contributed by atoms with Crippen molar-refractivity contribution < 1.29 is 5.11 Å². The van der Waals surface area contributed by atoms with Crippen LogP contribution in [-0.2, 0) is 0 Å². The SMILES string of the molecule is CC[C@]12CC[C@@](C)(O)C[C@@]1(C)CC[C@H]1[C@@H]3CCC[C@@]3(C)CC[C@@H]12. The van der Waals surface area contributed by atoms with Crippen molar-refractivity contribution in [2.75, 3.05) is 0 Å². The topological polar surface area (TPSA) is 20.2 Å². The number of hydrogen-bond acceptors (Lipinski definition) is 1. The van der Waals surface area contributed by atoms with Gasteiger partial charge in [-0.3, -0.25) is 0 Å². The van der Waals surface area contributed by atoms with Crippen LogP contribution in [0.5, 0.6) is 0 Å². The molecule has 0 spiro atoms. The summed E-state index contributed by atoms with van der Waals surface area (Å²) in [5.74, 6) is 2.95. The summed E-state index contributed by atoms with van der Waals surface area (Å²) in [6.07, 6.45) is 14.9. The van der Waals surface area contributed by atoms with Crippen LogP contribution >= 0.6 is 0 Å². The van der Waals surface area contributed by atoms with Crippen LogP contribution in [-0.4, -0.2) is 10.7 Å². The van der Waals surface area contributed by atoms with Crippen LogP contribution in [0, 0.1) is 34.0 Å². The summed E-state index contributed by atoms with van der Waals surface area (Å²) in [6.45, 7) is 9.71. The number of aliphatic hydroxyl groups is 1. The van der Waals surface area contributed by atoms with E-state index in [1.807, 2.05) is 0 Å². The summed E-state index contributed by atoms with van der Waals surface area (Å²) < 4.78 is 0. The molecule has 0 saturated heterocycles. The third-order valence-electron chi connectivity index (χ3n) is 9.67. The van der Waals surface area contributed by atoms with E-state index in [9.17, 15) is 5.11 Å². The Labute approximate surface area is 143 Å². The molecule has 7 atom stereocenters. The van der Waals surface area contributed by atoms with Gasteiger partial charge in [-0.1, -0.05) is 27.2 Å². The smallest absolute Gasteiger partial charge is 0.0625 e. The first kappa shape index (κ1) is 16.4. The van der Waals surface area contributed by atoms with Crippen LogP contribution in [0.2, 0.25) is 0 Å². The average Bonchev–Trinajstić information content (AvgIpc) is 2.87. The maximum absolute atomic E-state index is 10.8. The van der Waals surface area contributed by atoms with Gasteiger partial charge in [0.05, 0.1) is 5.60 Å². The molecule has 0 aromatic heterocycles. The van der Waals surface area contributed by atoms with Gasteiger partial charge in [-0.2, -0.15) is 0 Å². The zero-order valence-corrected chi connectivity index (χ0v) is 16.0. The molecule has 4 rings (SSSR count). The minimum Gasteiger partial charge on any atom is -0.390 e. The largest absolute Gasteiger partial charge is 0.390 e. The first-order valence-corrected chi connectivity index (χ1v) is 10.5. The fourth-order valence-electron chi connectivity index (χ4n) is 8.59. The Bertz CT molecular complexity index is 482. The predicted octanol–water partition coefficient (Wildman–Crippen LogP) is 5.95. The summed E-state index contributed by atoms with van der Waals surface area (Å²) >= 11 is 0. The Morgan fingerprint density at radius 1 is 0.870 bits per heavy atom. The summed E-state index contributed by atoms with van der Waals surface area (Å²) in [5, 5.41) is 10.8. The second-order valence-corrected chi connectivity index (χ2v) is 10.7. The molecule has 0 heterocycles. The van der Waals surface area contributed by atoms with Crippen molar-refractivity contribution in [1.29, 1.82) is 0 Å². The van der Waals surface area contributed by atoms with Crippen LogP contribution in [0.4, 0.5) is 0 Å². The van der Waals surface area contributed by atoms with Gasteiger partial charge in [0.15, 0.2) is 0 Å². The molecule has 1 N–H and O–H groups in total. The molecule has 4 saturated carbocycles. The van der Waals surface area contributed by atoms with Crippen molar-refractivity contribution in [2.45, 2.75) is 104 Å². The Hall–Kier alpha value is -0.0400. The first-order chi connectivity index (χ1) is 10.8. The lowest BCUT2D eigenvalue weighted by Gasteiger charge is -2.67. The van der Waals surface area contributed by atoms with E-state index in [1.54, 1.807) is 0 Å². The predicted molar refractivity (Wildman–Crippen MR) is 96.2 cm³/mol. The second kappa shape index (κ2) is 4.99. The molecular weight excluding hydrogens is 280 g/mol. The second-order valence-electron chi connectivity index (χ2n) is 10.7. The molecule has 4 fully saturated rings. The van der Waals surface area contributed by atoms with Crippen molar-refractivity contribution >= 4 is 0 Å². The molecule has 23 heavy (non-hydrogen) atoms. The van der Waals surface area contributed by atoms with Gasteiger partial charge in [0.25, 0.3) is 0 Å². The average molecular weight is 319 g/mol. The Morgan fingerprint density at radius 2 is 1.65 bits per heavy atom. The van der Waals surface area contributed by atoms with Crippen molar-refractivity contribution in [3.63, 3.8) is 0 Å². The molecule has 0 bridgehead atoms. The molecule has 1 heteroatoms. The molecule has 4 aliphatic rings. The molecule has 132 valence electrons. The van der Waals surface area contributed by atoms with E-state index in [1.165, 1.54) is 57.8 Å². The standard InChI is InChI=1S/C22H38O/c1-5-22-14-13-21(4,23)15-20(22,3)12-8-16-17-7-6-10-19(17,2)11-9-18(16)22/h16-18,23H,5-15H2,1-4H3/t16-,17-,18-,19-,20+,21+,22+/m0/s1. The third kappa shape index (κ3) is 2.14. The van der Waals surface area contributed by atoms with Crippen molar-refractivity contribution in [1.82, 2.24) is 0 Å². The van der Waals surface area contributed by atoms with Gasteiger partial charge in [-0.15, -0.1) is 0 Å². The molecule has 1 nitrogen and oxygen atoms in total. The zero-order chi connectivity index (χ0) is 16.5. The van der Waals surface area contributed by atoms with E-state index in [4.69, 9.17) is 0 Å². The third-order valence-corrected chi connectivity index (χ3v) is 9.67. The highest BCUT2D eigenvalue weighted by molar-refractivity contribution is 5.13. The Kier molecular flexibility index (Phi) is 3.57. The van der Waals surface area contributed by atoms with Crippen molar-refractivity contribution in [3.05, 3.63) is 0 Å². The van der Waals surface area contributed by atoms with Gasteiger partial charge < -0.3 is 5.11 Å². The maximum atomic E-state index is 10.8. The quantitative estimate of drug-likeness (QED) is 0.633. The molecule has 0 aromatic rings. The highest BCUT2D eigenvalue weighted by Gasteiger charge is 2.63. The lowest BCUT2D eigenvalue weighted by atomic mass is 9.38. The summed E-state index contributed by atoms with van der Waals surface area (Å²) in [5.41, 5.74) is 1.14. The molecule has 4 aliphatic carbocycles. The van der Waals surface area contributed by atoms with Gasteiger partial charge >= 0.3 is 0 Å². The molecule has 0 aliphatic heterocycles. The van der Waals surface area contributed by atoms with E-state index < -0.39 is 5.60 Å². The molecule has 0 aromatic carbocycles. The summed E-state index contributed by atoms with van der Waals surface area (Å²) in [4.78, 5) is 0. The lowest BCUT2D eigenvalue weighted by molar-refractivity contribution is -0.196. The monoisotopic (exact) mass is 318 g/mol. The van der Waals surface area contributed by atoms with E-state index >= 15 is 0 Å². The van der Waals surface area contributed by atoms with E-state index in [2.05, 4.69) is 27.7 Å². The van der Waals surface area contributed by atoms with Gasteiger partial charge in [0, 0.05) is 0 Å². The van der Waals surface area contributed by atoms with Crippen molar-refractivity contribution in [3.8, 4) is 0 Å². The fourth-order valence-corrected chi connectivity index (χ4v) is 8.59. The first-order valence-electron chi connectivity index (χ1n) is 10.5. The van der Waals surface area contributed by atoms with Crippen LogP contribution in [0.15, 0.2) is 0 Å². The Morgan fingerprint density at radius 3 is 2.39 bits per heavy atom. The zero-order valence-electron chi connectivity index (χ0n) is 16.0. The lowest BCUT2D eigenvalue weighted by Crippen LogP contribution is -2.60. The van der Waals surface area contributed by atoms with Gasteiger partial charge in [0.2, 0.25) is 0 Å². The van der Waals surface area contributed by atoms with Crippen LogP contribution in [0.1, 0.15) is 98.3 Å². The minimum absolute atomic E-state index is 0.372. The summed E-state index contributed by atoms with van der Waals surface area (Å²) in [7, 11) is 0. The van der Waals surface area contributed by atoms with Crippen LogP contribution in [0.3, 0.4) is 0 Å². The van der Waals surface area contributed by atoms with Gasteiger partial charge in [-0.05, 0) is 105 Å². The van der Waals surface area contributed by atoms with E-state index in [-0.39, 0.29) is 0 Å². The number of rotatable bonds is 1. The van der Waals surface area contributed by atoms with Gasteiger partial charge in [-0.25, -0.2) is 0 Å².